The second-order valence-electron chi connectivity index (χ2n) is 8.58. The topological polar surface area (TPSA) is 106 Å². The predicted octanol–water partition coefficient (Wildman–Crippen LogP) is 3.80. The molecule has 2 N–H and O–H groups in total. The average molecular weight is 484 g/mol. The van der Waals surface area contributed by atoms with E-state index < -0.39 is 17.2 Å². The average Bonchev–Trinajstić information content (AvgIpc) is 3.14. The Bertz CT molecular complexity index is 1290. The first-order valence-corrected chi connectivity index (χ1v) is 12.0. The lowest BCUT2D eigenvalue weighted by molar-refractivity contribution is -0.118. The van der Waals surface area contributed by atoms with Crippen LogP contribution in [0.5, 0.6) is 0 Å². The summed E-state index contributed by atoms with van der Waals surface area (Å²) in [6.45, 7) is 4.23. The fourth-order valence-corrected chi connectivity index (χ4v) is 5.41. The number of hydrogen-bond donors (Lipinski definition) is 2. The fraction of sp³-hybridized carbons (Fsp3) is 0.348. The summed E-state index contributed by atoms with van der Waals surface area (Å²) in [5.41, 5.74) is 4.47. The number of amides is 2. The van der Waals surface area contributed by atoms with Gasteiger partial charge in [0.2, 0.25) is 0 Å². The highest BCUT2D eigenvalue weighted by atomic mass is 35.5. The standard InChI is InChI=1S/C23H22ClN5O3S/c1-12-5-6-14(10-15(12)24)26-20(31)18-13(2)17(16-4-3-9-29(16)18)19(30)21(32)27-23(7-8-23)22-28-25-11-33-22/h5-6,10-11H,3-4,7-9H2,1-2H3,(H,26,31)(H,27,32). The minimum absolute atomic E-state index is 0.324. The predicted molar refractivity (Wildman–Crippen MR) is 125 cm³/mol. The lowest BCUT2D eigenvalue weighted by Crippen LogP contribution is -2.39. The largest absolute Gasteiger partial charge is 0.340 e. The maximum Gasteiger partial charge on any atom is 0.293 e. The van der Waals surface area contributed by atoms with Crippen molar-refractivity contribution in [2.45, 2.75) is 51.6 Å². The molecule has 2 amide bonds. The summed E-state index contributed by atoms with van der Waals surface area (Å²) in [5.74, 6) is -1.63. The van der Waals surface area contributed by atoms with Crippen LogP contribution in [0, 0.1) is 13.8 Å². The van der Waals surface area contributed by atoms with E-state index in [0.717, 1.165) is 30.5 Å². The van der Waals surface area contributed by atoms with Gasteiger partial charge < -0.3 is 15.2 Å². The number of anilines is 1. The maximum absolute atomic E-state index is 13.3. The highest BCUT2D eigenvalue weighted by molar-refractivity contribution is 7.09. The van der Waals surface area contributed by atoms with Crippen LogP contribution in [0.1, 0.15) is 61.9 Å². The van der Waals surface area contributed by atoms with Crippen LogP contribution in [0.3, 0.4) is 0 Å². The lowest BCUT2D eigenvalue weighted by Gasteiger charge is -2.13. The van der Waals surface area contributed by atoms with Crippen LogP contribution in [0.15, 0.2) is 23.7 Å². The van der Waals surface area contributed by atoms with E-state index in [-0.39, 0.29) is 5.91 Å². The van der Waals surface area contributed by atoms with E-state index >= 15 is 0 Å². The Kier molecular flexibility index (Phi) is 5.33. The van der Waals surface area contributed by atoms with Crippen molar-refractivity contribution >= 4 is 46.2 Å². The van der Waals surface area contributed by atoms with E-state index in [2.05, 4.69) is 20.8 Å². The third-order valence-corrected chi connectivity index (χ3v) is 7.66. The van der Waals surface area contributed by atoms with Crippen molar-refractivity contribution in [3.63, 3.8) is 0 Å². The molecule has 10 heteroatoms. The third kappa shape index (κ3) is 3.75. The number of aryl methyl sites for hydroxylation is 1. The molecule has 2 aromatic heterocycles. The van der Waals surface area contributed by atoms with Gasteiger partial charge in [-0.25, -0.2) is 0 Å². The fourth-order valence-electron chi connectivity index (χ4n) is 4.46. The van der Waals surface area contributed by atoms with Crippen LogP contribution in [0.2, 0.25) is 5.02 Å². The molecule has 5 rings (SSSR count). The Morgan fingerprint density at radius 3 is 2.67 bits per heavy atom. The van der Waals surface area contributed by atoms with Crippen molar-refractivity contribution < 1.29 is 14.4 Å². The summed E-state index contributed by atoms with van der Waals surface area (Å²) in [5, 5.41) is 14.9. The van der Waals surface area contributed by atoms with Gasteiger partial charge >= 0.3 is 0 Å². The zero-order valence-corrected chi connectivity index (χ0v) is 19.8. The van der Waals surface area contributed by atoms with Gasteiger partial charge in [-0.05, 0) is 62.8 Å². The van der Waals surface area contributed by atoms with E-state index in [4.69, 9.17) is 11.6 Å². The molecule has 1 saturated carbocycles. The van der Waals surface area contributed by atoms with Gasteiger partial charge in [-0.15, -0.1) is 21.5 Å². The van der Waals surface area contributed by atoms with Gasteiger partial charge in [0.05, 0.1) is 11.1 Å². The van der Waals surface area contributed by atoms with Crippen LogP contribution in [0.25, 0.3) is 0 Å². The number of fused-ring (bicyclic) bond motifs is 1. The van der Waals surface area contributed by atoms with E-state index in [9.17, 15) is 14.4 Å². The second kappa shape index (κ2) is 8.07. The molecule has 0 bridgehead atoms. The van der Waals surface area contributed by atoms with E-state index in [1.807, 2.05) is 17.6 Å². The molecule has 0 atom stereocenters. The number of rotatable bonds is 6. The van der Waals surface area contributed by atoms with Gasteiger partial charge in [0.15, 0.2) is 0 Å². The molecule has 1 aromatic carbocycles. The maximum atomic E-state index is 13.3. The molecule has 170 valence electrons. The first-order chi connectivity index (χ1) is 15.8. The van der Waals surface area contributed by atoms with Crippen LogP contribution in [-0.2, 0) is 23.3 Å². The first kappa shape index (κ1) is 21.8. The number of benzene rings is 1. The minimum atomic E-state index is -0.677. The molecule has 33 heavy (non-hydrogen) atoms. The van der Waals surface area contributed by atoms with E-state index in [1.165, 1.54) is 11.3 Å². The van der Waals surface area contributed by atoms with E-state index in [1.54, 1.807) is 24.6 Å². The zero-order chi connectivity index (χ0) is 23.3. The molecule has 3 aromatic rings. The van der Waals surface area contributed by atoms with Crippen molar-refractivity contribution in [3.8, 4) is 0 Å². The number of carbonyl (C=O) groups excluding carboxylic acids is 3. The molecule has 3 heterocycles. The van der Waals surface area contributed by atoms with Crippen molar-refractivity contribution in [1.82, 2.24) is 20.1 Å². The highest BCUT2D eigenvalue weighted by Crippen LogP contribution is 2.46. The summed E-state index contributed by atoms with van der Waals surface area (Å²) in [6.07, 6.45) is 2.89. The minimum Gasteiger partial charge on any atom is -0.340 e. The first-order valence-electron chi connectivity index (χ1n) is 10.7. The highest BCUT2D eigenvalue weighted by Gasteiger charge is 2.49. The summed E-state index contributed by atoms with van der Waals surface area (Å²) in [6, 6.07) is 5.31. The van der Waals surface area contributed by atoms with Gasteiger partial charge in [0, 0.05) is 22.9 Å². The summed E-state index contributed by atoms with van der Waals surface area (Å²) < 4.78 is 1.86. The zero-order valence-electron chi connectivity index (χ0n) is 18.2. The van der Waals surface area contributed by atoms with Gasteiger partial charge in [-0.3, -0.25) is 14.4 Å². The number of hydrogen-bond acceptors (Lipinski definition) is 6. The number of Topliss-reactive ketones (excluding diaryl/α,β-unsaturated/α-hetero) is 1. The monoisotopic (exact) mass is 483 g/mol. The summed E-state index contributed by atoms with van der Waals surface area (Å²) in [7, 11) is 0. The molecule has 1 aliphatic carbocycles. The quantitative estimate of drug-likeness (QED) is 0.410. The summed E-state index contributed by atoms with van der Waals surface area (Å²) in [4.78, 5) is 39.4. The molecule has 0 saturated heterocycles. The molecule has 0 radical (unpaired) electrons. The smallest absolute Gasteiger partial charge is 0.293 e. The Hall–Kier alpha value is -3.04. The lowest BCUT2D eigenvalue weighted by atomic mass is 10.0. The molecular formula is C23H22ClN5O3S. The van der Waals surface area contributed by atoms with Gasteiger partial charge in [0.25, 0.3) is 17.6 Å². The van der Waals surface area contributed by atoms with Crippen molar-refractivity contribution in [2.24, 2.45) is 0 Å². The van der Waals surface area contributed by atoms with Crippen LogP contribution >= 0.6 is 22.9 Å². The Labute approximate surface area is 199 Å². The molecule has 2 aliphatic rings. The van der Waals surface area contributed by atoms with Crippen molar-refractivity contribution in [2.75, 3.05) is 5.32 Å². The number of halogens is 1. The Morgan fingerprint density at radius 1 is 1.21 bits per heavy atom. The number of nitrogens with one attached hydrogen (secondary N) is 2. The number of ketones is 1. The third-order valence-electron chi connectivity index (χ3n) is 6.36. The van der Waals surface area contributed by atoms with Crippen molar-refractivity contribution in [3.05, 3.63) is 61.8 Å². The number of aromatic nitrogens is 3. The Balaban J connectivity index is 1.43. The summed E-state index contributed by atoms with van der Waals surface area (Å²) >= 11 is 7.55. The van der Waals surface area contributed by atoms with Gasteiger partial charge in [-0.2, -0.15) is 0 Å². The molecule has 0 spiro atoms. The molecule has 8 nitrogen and oxygen atoms in total. The van der Waals surface area contributed by atoms with Crippen LogP contribution in [0.4, 0.5) is 5.69 Å². The van der Waals surface area contributed by atoms with Crippen LogP contribution < -0.4 is 10.6 Å². The van der Waals surface area contributed by atoms with Gasteiger partial charge in [0.1, 0.15) is 16.2 Å². The number of nitrogens with zero attached hydrogens (tertiary/aromatic N) is 3. The molecule has 1 aliphatic heterocycles. The SMILES string of the molecule is Cc1ccc(NC(=O)c2c(C)c(C(=O)C(=O)NC3(c4nncs4)CC3)c3n2CCC3)cc1Cl. The second-order valence-corrected chi connectivity index (χ2v) is 9.82. The molecule has 1 fully saturated rings. The van der Waals surface area contributed by atoms with Crippen LogP contribution in [-0.4, -0.2) is 32.4 Å². The van der Waals surface area contributed by atoms with Crippen molar-refractivity contribution in [1.29, 1.82) is 0 Å². The number of carbonyl (C=O) groups is 3. The molecular weight excluding hydrogens is 462 g/mol. The molecule has 0 unspecified atom stereocenters. The van der Waals surface area contributed by atoms with E-state index in [0.29, 0.717) is 45.5 Å². The Morgan fingerprint density at radius 2 is 2.00 bits per heavy atom. The normalized spacial score (nSPS) is 15.7. The van der Waals surface area contributed by atoms with Gasteiger partial charge in [-0.1, -0.05) is 17.7 Å².